The molecular formula is C14H17F3N6O. The van der Waals surface area contributed by atoms with Crippen molar-refractivity contribution in [3.8, 4) is 0 Å². The Morgan fingerprint density at radius 2 is 2.08 bits per heavy atom. The van der Waals surface area contributed by atoms with Crippen LogP contribution >= 0.6 is 0 Å². The number of hydrogen-bond acceptors (Lipinski definition) is 4. The fourth-order valence-electron chi connectivity index (χ4n) is 2.36. The van der Waals surface area contributed by atoms with Crippen molar-refractivity contribution in [1.29, 1.82) is 0 Å². The highest BCUT2D eigenvalue weighted by molar-refractivity contribution is 5.93. The van der Waals surface area contributed by atoms with E-state index in [9.17, 15) is 18.0 Å². The van der Waals surface area contributed by atoms with Crippen molar-refractivity contribution in [2.24, 2.45) is 0 Å². The zero-order valence-electron chi connectivity index (χ0n) is 13.2. The molecule has 24 heavy (non-hydrogen) atoms. The lowest BCUT2D eigenvalue weighted by Gasteiger charge is -2.21. The Labute approximate surface area is 135 Å². The number of alkyl halides is 3. The fraction of sp³-hybridized carbons (Fsp3) is 0.571. The van der Waals surface area contributed by atoms with Gasteiger partial charge in [-0.1, -0.05) is 0 Å². The molecule has 1 aliphatic carbocycles. The summed E-state index contributed by atoms with van der Waals surface area (Å²) in [5.74, 6) is -0.579. The molecule has 0 radical (unpaired) electrons. The maximum atomic E-state index is 12.9. The van der Waals surface area contributed by atoms with Gasteiger partial charge in [0.2, 0.25) is 0 Å². The van der Waals surface area contributed by atoms with Crippen LogP contribution in [0.25, 0.3) is 0 Å². The number of carbonyl (C=O) groups is 1. The second kappa shape index (κ2) is 5.91. The minimum absolute atomic E-state index is 0.0672. The van der Waals surface area contributed by atoms with Gasteiger partial charge in [-0.2, -0.15) is 23.4 Å². The zero-order chi connectivity index (χ0) is 17.5. The van der Waals surface area contributed by atoms with Crippen LogP contribution < -0.4 is 5.32 Å². The Bertz CT molecular complexity index is 719. The third-order valence-corrected chi connectivity index (χ3v) is 4.09. The molecule has 130 valence electrons. The van der Waals surface area contributed by atoms with E-state index in [1.54, 1.807) is 11.6 Å². The molecule has 2 atom stereocenters. The summed E-state index contributed by atoms with van der Waals surface area (Å²) in [7, 11) is 0. The summed E-state index contributed by atoms with van der Waals surface area (Å²) in [5, 5.41) is 10.3. The molecular weight excluding hydrogens is 325 g/mol. The lowest BCUT2D eigenvalue weighted by molar-refractivity contribution is -0.141. The van der Waals surface area contributed by atoms with Crippen molar-refractivity contribution in [3.05, 3.63) is 30.1 Å². The van der Waals surface area contributed by atoms with Gasteiger partial charge < -0.3 is 5.32 Å². The monoisotopic (exact) mass is 342 g/mol. The van der Waals surface area contributed by atoms with Gasteiger partial charge in [0.15, 0.2) is 5.69 Å². The summed E-state index contributed by atoms with van der Waals surface area (Å²) in [6.45, 7) is 3.59. The van der Waals surface area contributed by atoms with E-state index in [0.29, 0.717) is 0 Å². The zero-order valence-corrected chi connectivity index (χ0v) is 13.2. The first-order valence-electron chi connectivity index (χ1n) is 7.59. The molecule has 2 unspecified atom stereocenters. The second-order valence-electron chi connectivity index (χ2n) is 5.97. The molecule has 0 aromatic carbocycles. The van der Waals surface area contributed by atoms with E-state index in [1.165, 1.54) is 17.3 Å². The number of nitrogens with one attached hydrogen (secondary N) is 1. The number of rotatable bonds is 5. The van der Waals surface area contributed by atoms with Gasteiger partial charge in [0.05, 0.1) is 12.1 Å². The second-order valence-corrected chi connectivity index (χ2v) is 5.97. The lowest BCUT2D eigenvalue weighted by atomic mass is 10.1. The Balaban J connectivity index is 1.78. The third-order valence-electron chi connectivity index (χ3n) is 4.09. The Kier molecular flexibility index (Phi) is 4.06. The molecule has 2 aromatic rings. The summed E-state index contributed by atoms with van der Waals surface area (Å²) in [5.41, 5.74) is -1.11. The van der Waals surface area contributed by atoms with Crippen LogP contribution in [0, 0.1) is 0 Å². The maximum Gasteiger partial charge on any atom is 0.435 e. The van der Waals surface area contributed by atoms with Crippen molar-refractivity contribution < 1.29 is 18.0 Å². The van der Waals surface area contributed by atoms with Crippen molar-refractivity contribution in [1.82, 2.24) is 29.9 Å². The minimum atomic E-state index is -4.57. The molecule has 10 heteroatoms. The van der Waals surface area contributed by atoms with Crippen molar-refractivity contribution >= 4 is 5.91 Å². The van der Waals surface area contributed by atoms with E-state index in [0.717, 1.165) is 18.9 Å². The van der Waals surface area contributed by atoms with Crippen molar-refractivity contribution in [2.45, 2.75) is 51.0 Å². The van der Waals surface area contributed by atoms with E-state index in [1.807, 2.05) is 6.92 Å². The van der Waals surface area contributed by atoms with Crippen LogP contribution in [-0.4, -0.2) is 36.5 Å². The van der Waals surface area contributed by atoms with Crippen LogP contribution in [-0.2, 0) is 6.18 Å². The lowest BCUT2D eigenvalue weighted by Crippen LogP contribution is -2.39. The summed E-state index contributed by atoms with van der Waals surface area (Å²) >= 11 is 0. The van der Waals surface area contributed by atoms with Gasteiger partial charge in [-0.3, -0.25) is 9.48 Å². The van der Waals surface area contributed by atoms with Gasteiger partial charge in [0, 0.05) is 12.1 Å². The molecule has 1 amide bonds. The Morgan fingerprint density at radius 3 is 2.62 bits per heavy atom. The highest BCUT2D eigenvalue weighted by Crippen LogP contribution is 2.37. The number of carbonyl (C=O) groups excluding carboxylic acids is 1. The molecule has 1 N–H and O–H groups in total. The van der Waals surface area contributed by atoms with E-state index in [2.05, 4.69) is 20.5 Å². The molecule has 7 nitrogen and oxygen atoms in total. The van der Waals surface area contributed by atoms with Crippen LogP contribution in [0.15, 0.2) is 18.7 Å². The standard InChI is InChI=1S/C14H17F3N6O/c1-8(9(2)22-7-18-6-19-22)20-13(24)11-5-12(14(15,16)17)21-23(11)10-3-4-10/h5-10H,3-4H2,1-2H3,(H,20,24). The van der Waals surface area contributed by atoms with E-state index < -0.39 is 17.8 Å². The average Bonchev–Trinajstić information content (AvgIpc) is 3.04. The largest absolute Gasteiger partial charge is 0.435 e. The molecule has 3 rings (SSSR count). The molecule has 0 bridgehead atoms. The van der Waals surface area contributed by atoms with Gasteiger partial charge in [-0.15, -0.1) is 0 Å². The minimum Gasteiger partial charge on any atom is -0.346 e. The topological polar surface area (TPSA) is 77.6 Å². The van der Waals surface area contributed by atoms with Crippen LogP contribution in [0.3, 0.4) is 0 Å². The summed E-state index contributed by atoms with van der Waals surface area (Å²) in [6.07, 6.45) is -0.227. The molecule has 0 aliphatic heterocycles. The first-order valence-corrected chi connectivity index (χ1v) is 7.59. The van der Waals surface area contributed by atoms with Crippen molar-refractivity contribution in [3.63, 3.8) is 0 Å². The van der Waals surface area contributed by atoms with Gasteiger partial charge in [-0.05, 0) is 26.7 Å². The number of hydrogen-bond donors (Lipinski definition) is 1. The molecule has 2 heterocycles. The molecule has 1 saturated carbocycles. The summed E-state index contributed by atoms with van der Waals surface area (Å²) in [4.78, 5) is 16.3. The quantitative estimate of drug-likeness (QED) is 0.904. The number of amides is 1. The van der Waals surface area contributed by atoms with Gasteiger partial charge >= 0.3 is 6.18 Å². The fourth-order valence-corrected chi connectivity index (χ4v) is 2.36. The van der Waals surface area contributed by atoms with Gasteiger partial charge in [0.1, 0.15) is 18.3 Å². The Morgan fingerprint density at radius 1 is 1.38 bits per heavy atom. The van der Waals surface area contributed by atoms with Crippen LogP contribution in [0.4, 0.5) is 13.2 Å². The normalized spacial score (nSPS) is 17.5. The van der Waals surface area contributed by atoms with Crippen LogP contribution in [0.5, 0.6) is 0 Å². The smallest absolute Gasteiger partial charge is 0.346 e. The SMILES string of the molecule is CC(NC(=O)c1cc(C(F)(F)F)nn1C1CC1)C(C)n1cncn1. The van der Waals surface area contributed by atoms with Crippen molar-refractivity contribution in [2.75, 3.05) is 0 Å². The van der Waals surface area contributed by atoms with Crippen LogP contribution in [0.2, 0.25) is 0 Å². The summed E-state index contributed by atoms with van der Waals surface area (Å²) in [6, 6.07) is 0.123. The number of halogens is 3. The predicted molar refractivity (Wildman–Crippen MR) is 77.2 cm³/mol. The third kappa shape index (κ3) is 3.26. The highest BCUT2D eigenvalue weighted by Gasteiger charge is 2.39. The van der Waals surface area contributed by atoms with E-state index >= 15 is 0 Å². The number of aromatic nitrogens is 5. The molecule has 1 aliphatic rings. The number of nitrogens with zero attached hydrogens (tertiary/aromatic N) is 5. The van der Waals surface area contributed by atoms with Crippen LogP contribution in [0.1, 0.15) is 55.0 Å². The Hall–Kier alpha value is -2.39. The predicted octanol–water partition coefficient (Wildman–Crippen LogP) is 2.21. The molecule has 0 saturated heterocycles. The van der Waals surface area contributed by atoms with Gasteiger partial charge in [0.25, 0.3) is 5.91 Å². The molecule has 1 fully saturated rings. The molecule has 2 aromatic heterocycles. The average molecular weight is 342 g/mol. The van der Waals surface area contributed by atoms with E-state index in [-0.39, 0.29) is 23.8 Å². The molecule has 0 spiro atoms. The maximum absolute atomic E-state index is 12.9. The van der Waals surface area contributed by atoms with E-state index in [4.69, 9.17) is 0 Å². The first kappa shape index (κ1) is 16.5. The summed E-state index contributed by atoms with van der Waals surface area (Å²) < 4.78 is 41.4. The first-order chi connectivity index (χ1) is 11.3. The van der Waals surface area contributed by atoms with Gasteiger partial charge in [-0.25, -0.2) is 9.67 Å². The highest BCUT2D eigenvalue weighted by atomic mass is 19.4.